The topological polar surface area (TPSA) is 71.5 Å². The van der Waals surface area contributed by atoms with E-state index >= 15 is 0 Å². The molecule has 1 fully saturated rings. The third kappa shape index (κ3) is 3.92. The number of hydrogen-bond acceptors (Lipinski definition) is 5. The molecule has 0 amide bonds. The van der Waals surface area contributed by atoms with E-state index < -0.39 is 10.0 Å². The Morgan fingerprint density at radius 3 is 2.87 bits per heavy atom. The zero-order chi connectivity index (χ0) is 16.4. The van der Waals surface area contributed by atoms with Crippen molar-refractivity contribution < 1.29 is 13.2 Å². The molecule has 0 saturated carbocycles. The Balaban J connectivity index is 1.82. The van der Waals surface area contributed by atoms with Gasteiger partial charge in [-0.15, -0.1) is 0 Å². The second-order valence-corrected chi connectivity index (χ2v) is 7.68. The number of aromatic nitrogens is 1. The van der Waals surface area contributed by atoms with E-state index in [1.54, 1.807) is 7.11 Å². The summed E-state index contributed by atoms with van der Waals surface area (Å²) in [6.45, 7) is 1.53. The Labute approximate surface area is 136 Å². The van der Waals surface area contributed by atoms with Crippen LogP contribution in [0.5, 0.6) is 5.75 Å². The van der Waals surface area contributed by atoms with Crippen LogP contribution in [0, 0.1) is 0 Å². The Morgan fingerprint density at radius 2 is 2.13 bits per heavy atom. The number of anilines is 1. The van der Waals surface area contributed by atoms with Crippen LogP contribution in [0.3, 0.4) is 0 Å². The number of sulfonamides is 1. The SMILES string of the molecule is COc1ccc2nc(N3CCCC(NS(C)(=O)=O)C3)ccc2c1. The third-order valence-electron chi connectivity index (χ3n) is 4.01. The fourth-order valence-corrected chi connectivity index (χ4v) is 3.78. The number of benzene rings is 1. The van der Waals surface area contributed by atoms with Crippen molar-refractivity contribution in [1.82, 2.24) is 9.71 Å². The molecule has 1 aromatic heterocycles. The van der Waals surface area contributed by atoms with E-state index in [4.69, 9.17) is 9.72 Å². The maximum atomic E-state index is 11.4. The van der Waals surface area contributed by atoms with Crippen molar-refractivity contribution in [3.63, 3.8) is 0 Å². The first-order valence-corrected chi connectivity index (χ1v) is 9.51. The number of fused-ring (bicyclic) bond motifs is 1. The smallest absolute Gasteiger partial charge is 0.209 e. The van der Waals surface area contributed by atoms with Gasteiger partial charge >= 0.3 is 0 Å². The Kier molecular flexibility index (Phi) is 4.41. The van der Waals surface area contributed by atoms with E-state index in [2.05, 4.69) is 9.62 Å². The number of hydrogen-bond donors (Lipinski definition) is 1. The lowest BCUT2D eigenvalue weighted by Crippen LogP contribution is -2.47. The highest BCUT2D eigenvalue weighted by atomic mass is 32.2. The maximum absolute atomic E-state index is 11.4. The molecule has 1 aromatic carbocycles. The molecule has 6 nitrogen and oxygen atoms in total. The summed E-state index contributed by atoms with van der Waals surface area (Å²) in [5.74, 6) is 1.69. The van der Waals surface area contributed by atoms with Gasteiger partial charge in [0.05, 0.1) is 18.9 Å². The number of nitrogens with zero attached hydrogens (tertiary/aromatic N) is 2. The summed E-state index contributed by atoms with van der Waals surface area (Å²) < 4.78 is 30.8. The lowest BCUT2D eigenvalue weighted by molar-refractivity contribution is 0.415. The first-order valence-electron chi connectivity index (χ1n) is 7.62. The van der Waals surface area contributed by atoms with Crippen LogP contribution in [0.1, 0.15) is 12.8 Å². The van der Waals surface area contributed by atoms with Crippen molar-refractivity contribution >= 4 is 26.7 Å². The predicted octanol–water partition coefficient (Wildman–Crippen LogP) is 1.76. The maximum Gasteiger partial charge on any atom is 0.209 e. The second-order valence-electron chi connectivity index (χ2n) is 5.90. The normalized spacial score (nSPS) is 19.0. The van der Waals surface area contributed by atoms with E-state index in [-0.39, 0.29) is 6.04 Å². The van der Waals surface area contributed by atoms with Gasteiger partial charge in [-0.25, -0.2) is 18.1 Å². The molecule has 0 spiro atoms. The average Bonchev–Trinajstić information content (AvgIpc) is 2.52. The molecular weight excluding hydrogens is 314 g/mol. The van der Waals surface area contributed by atoms with Crippen LogP contribution in [0.4, 0.5) is 5.82 Å². The lowest BCUT2D eigenvalue weighted by Gasteiger charge is -2.33. The monoisotopic (exact) mass is 335 g/mol. The van der Waals surface area contributed by atoms with Gasteiger partial charge in [0.25, 0.3) is 0 Å². The molecule has 2 heterocycles. The summed E-state index contributed by atoms with van der Waals surface area (Å²) in [4.78, 5) is 6.83. The zero-order valence-corrected chi connectivity index (χ0v) is 14.1. The van der Waals surface area contributed by atoms with Gasteiger partial charge in [0.1, 0.15) is 11.6 Å². The molecular formula is C16H21N3O3S. The number of methoxy groups -OCH3 is 1. The zero-order valence-electron chi connectivity index (χ0n) is 13.3. The number of rotatable bonds is 4. The van der Waals surface area contributed by atoms with E-state index in [1.165, 1.54) is 6.26 Å². The van der Waals surface area contributed by atoms with Gasteiger partial charge in [0, 0.05) is 24.5 Å². The van der Waals surface area contributed by atoms with Crippen molar-refractivity contribution in [2.24, 2.45) is 0 Å². The quantitative estimate of drug-likeness (QED) is 0.922. The van der Waals surface area contributed by atoms with Gasteiger partial charge in [0.15, 0.2) is 0 Å². The van der Waals surface area contributed by atoms with Gasteiger partial charge in [-0.3, -0.25) is 0 Å². The van der Waals surface area contributed by atoms with Gasteiger partial charge < -0.3 is 9.64 Å². The summed E-state index contributed by atoms with van der Waals surface area (Å²) >= 11 is 0. The predicted molar refractivity (Wildman–Crippen MR) is 91.5 cm³/mol. The van der Waals surface area contributed by atoms with E-state index in [1.807, 2.05) is 30.3 Å². The highest BCUT2D eigenvalue weighted by molar-refractivity contribution is 7.88. The van der Waals surface area contributed by atoms with Crippen LogP contribution >= 0.6 is 0 Å². The van der Waals surface area contributed by atoms with Gasteiger partial charge in [0.2, 0.25) is 10.0 Å². The van der Waals surface area contributed by atoms with Crippen LogP contribution in [0.2, 0.25) is 0 Å². The van der Waals surface area contributed by atoms with Crippen molar-refractivity contribution in [3.8, 4) is 5.75 Å². The van der Waals surface area contributed by atoms with Crippen LogP contribution in [-0.4, -0.2) is 45.9 Å². The lowest BCUT2D eigenvalue weighted by atomic mass is 10.1. The van der Waals surface area contributed by atoms with E-state index in [0.29, 0.717) is 6.54 Å². The summed E-state index contributed by atoms with van der Waals surface area (Å²) in [7, 11) is -1.54. The minimum Gasteiger partial charge on any atom is -0.497 e. The van der Waals surface area contributed by atoms with Crippen molar-refractivity contribution in [3.05, 3.63) is 30.3 Å². The first kappa shape index (κ1) is 16.0. The molecule has 1 aliphatic rings. The van der Waals surface area contributed by atoms with E-state index in [9.17, 15) is 8.42 Å². The Hall–Kier alpha value is -1.86. The number of piperidine rings is 1. The summed E-state index contributed by atoms with van der Waals surface area (Å²) in [6, 6.07) is 9.72. The van der Waals surface area contributed by atoms with Gasteiger partial charge in [-0.05, 0) is 43.2 Å². The number of nitrogens with one attached hydrogen (secondary N) is 1. The summed E-state index contributed by atoms with van der Waals surface area (Å²) in [6.07, 6.45) is 3.00. The van der Waals surface area contributed by atoms with Crippen molar-refractivity contribution in [1.29, 1.82) is 0 Å². The Morgan fingerprint density at radius 1 is 1.30 bits per heavy atom. The summed E-state index contributed by atoms with van der Waals surface area (Å²) in [5.41, 5.74) is 0.904. The molecule has 7 heteroatoms. The van der Waals surface area contributed by atoms with E-state index in [0.717, 1.165) is 41.9 Å². The highest BCUT2D eigenvalue weighted by Gasteiger charge is 2.23. The molecule has 23 heavy (non-hydrogen) atoms. The molecule has 3 rings (SSSR count). The molecule has 2 aromatic rings. The molecule has 1 atom stereocenters. The number of pyridine rings is 1. The van der Waals surface area contributed by atoms with Crippen LogP contribution in [0.25, 0.3) is 10.9 Å². The van der Waals surface area contributed by atoms with Crippen molar-refractivity contribution in [2.45, 2.75) is 18.9 Å². The first-order chi connectivity index (χ1) is 10.9. The van der Waals surface area contributed by atoms with Crippen LogP contribution in [0.15, 0.2) is 30.3 Å². The fourth-order valence-electron chi connectivity index (χ4n) is 2.98. The number of ether oxygens (including phenoxy) is 1. The second kappa shape index (κ2) is 6.33. The minimum atomic E-state index is -3.18. The fraction of sp³-hybridized carbons (Fsp3) is 0.438. The Bertz CT molecular complexity index is 807. The molecule has 0 aliphatic carbocycles. The molecule has 0 radical (unpaired) electrons. The molecule has 1 saturated heterocycles. The third-order valence-corrected chi connectivity index (χ3v) is 4.77. The average molecular weight is 335 g/mol. The molecule has 124 valence electrons. The molecule has 1 aliphatic heterocycles. The standard InChI is InChI=1S/C16H21N3O3S/c1-22-14-6-7-15-12(10-14)5-8-16(17-15)19-9-3-4-13(11-19)18-23(2,20)21/h5-8,10,13,18H,3-4,9,11H2,1-2H3. The van der Waals surface area contributed by atoms with Gasteiger partial charge in [-0.1, -0.05) is 0 Å². The highest BCUT2D eigenvalue weighted by Crippen LogP contribution is 2.24. The molecule has 1 N–H and O–H groups in total. The van der Waals surface area contributed by atoms with Crippen LogP contribution < -0.4 is 14.4 Å². The largest absolute Gasteiger partial charge is 0.497 e. The van der Waals surface area contributed by atoms with Crippen LogP contribution in [-0.2, 0) is 10.0 Å². The summed E-state index contributed by atoms with van der Waals surface area (Å²) in [5, 5.41) is 1.02. The minimum absolute atomic E-state index is 0.0629. The van der Waals surface area contributed by atoms with Crippen molar-refractivity contribution in [2.75, 3.05) is 31.4 Å². The molecule has 0 bridgehead atoms. The van der Waals surface area contributed by atoms with Gasteiger partial charge in [-0.2, -0.15) is 0 Å². The molecule has 1 unspecified atom stereocenters.